The van der Waals surface area contributed by atoms with Crippen LogP contribution in [0.2, 0.25) is 10.0 Å². The Balaban J connectivity index is 0.000000213. The van der Waals surface area contributed by atoms with Gasteiger partial charge in [0.05, 0.1) is 42.4 Å². The van der Waals surface area contributed by atoms with Crippen LogP contribution in [0.3, 0.4) is 0 Å². The van der Waals surface area contributed by atoms with E-state index in [1.165, 1.54) is 17.7 Å². The lowest BCUT2D eigenvalue weighted by atomic mass is 10.0. The first kappa shape index (κ1) is 35.7. The molecule has 0 spiro atoms. The Labute approximate surface area is 284 Å². The zero-order valence-electron chi connectivity index (χ0n) is 26.6. The molecule has 0 unspecified atom stereocenters. The average molecular weight is 696 g/mol. The summed E-state index contributed by atoms with van der Waals surface area (Å²) >= 11 is 11.6. The summed E-state index contributed by atoms with van der Waals surface area (Å²) in [5, 5.41) is 13.2. The largest absolute Gasteiger partial charge is 0.444 e. The van der Waals surface area contributed by atoms with Crippen molar-refractivity contribution >= 4 is 41.7 Å². The summed E-state index contributed by atoms with van der Waals surface area (Å²) in [6.07, 6.45) is 1.36. The van der Waals surface area contributed by atoms with Crippen molar-refractivity contribution < 1.29 is 18.3 Å². The molecule has 1 N–H and O–H groups in total. The number of amides is 1. The van der Waals surface area contributed by atoms with Crippen molar-refractivity contribution in [3.05, 3.63) is 103 Å². The molecule has 13 heteroatoms. The molecule has 46 heavy (non-hydrogen) atoms. The van der Waals surface area contributed by atoms with E-state index in [0.29, 0.717) is 53.8 Å². The van der Waals surface area contributed by atoms with Crippen LogP contribution in [0.25, 0.3) is 0 Å². The van der Waals surface area contributed by atoms with Gasteiger partial charge in [-0.3, -0.25) is 9.36 Å². The minimum Gasteiger partial charge on any atom is -0.444 e. The summed E-state index contributed by atoms with van der Waals surface area (Å²) in [6.45, 7) is 13.0. The molecule has 0 bridgehead atoms. The Morgan fingerprint density at radius 3 is 1.93 bits per heavy atom. The number of carbonyl (C=O) groups is 1. The van der Waals surface area contributed by atoms with Crippen LogP contribution < -0.4 is 5.32 Å². The second-order valence-electron chi connectivity index (χ2n) is 12.4. The van der Waals surface area contributed by atoms with Gasteiger partial charge in [-0.25, -0.2) is 13.6 Å². The third-order valence-electron chi connectivity index (χ3n) is 7.87. The highest BCUT2D eigenvalue weighted by molar-refractivity contribution is 6.30. The number of rotatable bonds is 4. The van der Waals surface area contributed by atoms with E-state index in [9.17, 15) is 13.6 Å². The van der Waals surface area contributed by atoms with Crippen molar-refractivity contribution in [3.63, 3.8) is 0 Å². The van der Waals surface area contributed by atoms with Gasteiger partial charge in [-0.2, -0.15) is 10.2 Å². The normalized spacial score (nSPS) is 14.1. The number of hydrogen-bond acceptors (Lipinski definition) is 5. The van der Waals surface area contributed by atoms with Gasteiger partial charge >= 0.3 is 6.09 Å². The number of hydrogen-bond donors (Lipinski definition) is 1. The topological polar surface area (TPSA) is 77.2 Å². The van der Waals surface area contributed by atoms with E-state index in [1.54, 1.807) is 33.8 Å². The van der Waals surface area contributed by atoms with Crippen molar-refractivity contribution in [2.75, 3.05) is 13.1 Å². The quantitative estimate of drug-likeness (QED) is 0.241. The smallest absolute Gasteiger partial charge is 0.410 e. The molecule has 8 nitrogen and oxygen atoms in total. The number of nitrogens with zero attached hydrogens (tertiary/aromatic N) is 5. The SMILES string of the molecule is Cc1nn(Cc2ccc(Cl)cc2F)c2c1CCN(C(=O)OC(C)(C)C)C2.Cc1nn(Cc2ccc(Cl)cc2F)c2c1CCNC2.Cl. The van der Waals surface area contributed by atoms with Gasteiger partial charge in [0.15, 0.2) is 0 Å². The summed E-state index contributed by atoms with van der Waals surface area (Å²) in [6, 6.07) is 9.40. The molecule has 2 aromatic heterocycles. The lowest BCUT2D eigenvalue weighted by molar-refractivity contribution is 0.0218. The third-order valence-corrected chi connectivity index (χ3v) is 8.34. The first-order valence-corrected chi connectivity index (χ1v) is 15.7. The highest BCUT2D eigenvalue weighted by Crippen LogP contribution is 2.26. The number of benzene rings is 2. The average Bonchev–Trinajstić information content (AvgIpc) is 3.46. The predicted octanol–water partition coefficient (Wildman–Crippen LogP) is 7.43. The van der Waals surface area contributed by atoms with Gasteiger partial charge in [-0.1, -0.05) is 35.3 Å². The fourth-order valence-electron chi connectivity index (χ4n) is 5.65. The molecule has 2 aromatic carbocycles. The van der Waals surface area contributed by atoms with Crippen LogP contribution >= 0.6 is 35.6 Å². The number of aryl methyl sites for hydroxylation is 2. The number of ether oxygens (including phenoxy) is 1. The van der Waals surface area contributed by atoms with Crippen molar-refractivity contribution in [2.45, 2.75) is 79.2 Å². The zero-order valence-corrected chi connectivity index (χ0v) is 28.9. The molecule has 248 valence electrons. The first-order chi connectivity index (χ1) is 21.3. The van der Waals surface area contributed by atoms with E-state index in [4.69, 9.17) is 27.9 Å². The van der Waals surface area contributed by atoms with Crippen LogP contribution in [0.5, 0.6) is 0 Å². The van der Waals surface area contributed by atoms with Gasteiger partial charge in [-0.15, -0.1) is 12.4 Å². The van der Waals surface area contributed by atoms with E-state index in [1.807, 2.05) is 39.3 Å². The monoisotopic (exact) mass is 694 g/mol. The van der Waals surface area contributed by atoms with Crippen molar-refractivity contribution in [3.8, 4) is 0 Å². The Bertz CT molecular complexity index is 1720. The van der Waals surface area contributed by atoms with Crippen molar-refractivity contribution in [1.82, 2.24) is 29.8 Å². The fourth-order valence-corrected chi connectivity index (χ4v) is 5.97. The molecule has 4 heterocycles. The zero-order chi connectivity index (χ0) is 32.5. The molecule has 2 aliphatic rings. The minimum atomic E-state index is -0.542. The number of fused-ring (bicyclic) bond motifs is 2. The third kappa shape index (κ3) is 8.39. The summed E-state index contributed by atoms with van der Waals surface area (Å²) in [4.78, 5) is 14.1. The van der Waals surface area contributed by atoms with Crippen LogP contribution in [0.15, 0.2) is 36.4 Å². The predicted molar refractivity (Wildman–Crippen MR) is 178 cm³/mol. The van der Waals surface area contributed by atoms with Gasteiger partial charge < -0.3 is 15.0 Å². The Morgan fingerprint density at radius 2 is 1.41 bits per heavy atom. The maximum absolute atomic E-state index is 14.2. The summed E-state index contributed by atoms with van der Waals surface area (Å²) in [5.41, 5.74) is 7.05. The summed E-state index contributed by atoms with van der Waals surface area (Å²) in [7, 11) is 0. The molecule has 1 amide bonds. The van der Waals surface area contributed by atoms with Crippen LogP contribution in [-0.2, 0) is 43.8 Å². The minimum absolute atomic E-state index is 0. The standard InChI is InChI=1S/C19H23ClFN3O2.C14H15ClFN3.ClH/c1-12-15-7-8-23(18(25)26-19(2,3)4)11-17(15)24(22-12)10-13-5-6-14(20)9-16(13)21;1-9-12-4-5-17-7-14(12)19(18-9)8-10-2-3-11(15)6-13(10)16;/h5-6,9H,7-8,10-11H2,1-4H3;2-3,6,17H,4-5,7-8H2,1H3;1H. The second kappa shape index (κ2) is 14.7. The summed E-state index contributed by atoms with van der Waals surface area (Å²) in [5.74, 6) is -0.641. The van der Waals surface area contributed by atoms with Crippen LogP contribution in [0.4, 0.5) is 13.6 Å². The lowest BCUT2D eigenvalue weighted by Gasteiger charge is -2.30. The first-order valence-electron chi connectivity index (χ1n) is 15.0. The highest BCUT2D eigenvalue weighted by atomic mass is 35.5. The molecule has 0 aliphatic carbocycles. The second-order valence-corrected chi connectivity index (χ2v) is 13.3. The molecular weight excluding hydrogens is 657 g/mol. The highest BCUT2D eigenvalue weighted by Gasteiger charge is 2.29. The van der Waals surface area contributed by atoms with Gasteiger partial charge in [0.2, 0.25) is 0 Å². The Hall–Kier alpha value is -3.18. The number of carbonyl (C=O) groups excluding carboxylic acids is 1. The van der Waals surface area contributed by atoms with E-state index < -0.39 is 5.60 Å². The van der Waals surface area contributed by atoms with E-state index in [2.05, 4.69) is 15.5 Å². The maximum Gasteiger partial charge on any atom is 0.410 e. The van der Waals surface area contributed by atoms with Gasteiger partial charge in [0.25, 0.3) is 0 Å². The van der Waals surface area contributed by atoms with E-state index in [0.717, 1.165) is 47.8 Å². The maximum atomic E-state index is 14.2. The number of aromatic nitrogens is 4. The number of halogens is 5. The van der Waals surface area contributed by atoms with Crippen LogP contribution in [0.1, 0.15) is 65.8 Å². The van der Waals surface area contributed by atoms with Gasteiger partial charge in [-0.05, 0) is 89.4 Å². The molecule has 6 rings (SSSR count). The van der Waals surface area contributed by atoms with Crippen LogP contribution in [-0.4, -0.2) is 49.2 Å². The molecular formula is C33H39Cl3F2N6O2. The van der Waals surface area contributed by atoms with Gasteiger partial charge in [0.1, 0.15) is 17.2 Å². The molecule has 2 aliphatic heterocycles. The van der Waals surface area contributed by atoms with E-state index >= 15 is 0 Å². The van der Waals surface area contributed by atoms with Crippen molar-refractivity contribution in [1.29, 1.82) is 0 Å². The fraction of sp³-hybridized carbons (Fsp3) is 0.424. The molecule has 4 aromatic rings. The van der Waals surface area contributed by atoms with E-state index in [-0.39, 0.29) is 30.1 Å². The Morgan fingerprint density at radius 1 is 0.891 bits per heavy atom. The van der Waals surface area contributed by atoms with Gasteiger partial charge in [0, 0.05) is 34.3 Å². The molecule has 0 fully saturated rings. The molecule has 0 radical (unpaired) electrons. The van der Waals surface area contributed by atoms with Crippen LogP contribution in [0, 0.1) is 25.5 Å². The lowest BCUT2D eigenvalue weighted by Crippen LogP contribution is -2.40. The summed E-state index contributed by atoms with van der Waals surface area (Å²) < 4.78 is 37.1. The number of nitrogens with one attached hydrogen (secondary N) is 1. The molecule has 0 saturated carbocycles. The van der Waals surface area contributed by atoms with Crippen molar-refractivity contribution in [2.24, 2.45) is 0 Å². The molecule has 0 atom stereocenters. The molecule has 0 saturated heterocycles. The Kier molecular flexibility index (Phi) is 11.4.